The number of aromatic hydroxyl groups is 1. The second-order valence-electron chi connectivity index (χ2n) is 8.45. The fourth-order valence-electron chi connectivity index (χ4n) is 3.44. The summed E-state index contributed by atoms with van der Waals surface area (Å²) in [6, 6.07) is 6.91. The number of carbonyl (C=O) groups is 2. The van der Waals surface area contributed by atoms with Gasteiger partial charge in [0.05, 0.1) is 20.1 Å². The van der Waals surface area contributed by atoms with Crippen molar-refractivity contribution < 1.29 is 28.6 Å². The van der Waals surface area contributed by atoms with Gasteiger partial charge in [-0.25, -0.2) is 4.79 Å². The third-order valence-corrected chi connectivity index (χ3v) is 5.55. The van der Waals surface area contributed by atoms with Crippen LogP contribution in [0.4, 0.5) is 0 Å². The summed E-state index contributed by atoms with van der Waals surface area (Å²) in [5.74, 6) is -0.428. The van der Waals surface area contributed by atoms with Gasteiger partial charge in [0.1, 0.15) is 22.8 Å². The van der Waals surface area contributed by atoms with Crippen LogP contribution in [0.25, 0.3) is 6.08 Å². The molecule has 0 spiro atoms. The molecule has 0 fully saturated rings. The number of esters is 1. The number of Topliss-reactive ketones (excluding diaryl/α,β-unsaturated/α-hetero) is 1. The van der Waals surface area contributed by atoms with Crippen molar-refractivity contribution in [3.05, 3.63) is 74.9 Å². The van der Waals surface area contributed by atoms with Crippen molar-refractivity contribution in [2.45, 2.75) is 59.3 Å². The highest BCUT2D eigenvalue weighted by molar-refractivity contribution is 6.12. The molecule has 0 radical (unpaired) electrons. The summed E-state index contributed by atoms with van der Waals surface area (Å²) in [6.45, 7) is 8.02. The number of methoxy groups -OCH3 is 1. The van der Waals surface area contributed by atoms with Gasteiger partial charge in [-0.1, -0.05) is 32.1 Å². The standard InChI is InChI=1S/C28H34O7/c1-6-14-34-22-13-12-21(19(3)16-22)15-20(4)27(31)26-23(29)17-24(35-28(26)32)18(2)10-8-7-9-11-25(30)33-5/h7,9,12-13,15-18,29H,6,8,10-11,14H2,1-5H3/b9-7+,20-15?. The zero-order valence-electron chi connectivity index (χ0n) is 21.1. The molecule has 1 N–H and O–H groups in total. The van der Waals surface area contributed by atoms with E-state index in [0.29, 0.717) is 30.8 Å². The van der Waals surface area contributed by atoms with Crippen molar-refractivity contribution in [2.24, 2.45) is 0 Å². The molecule has 0 aliphatic rings. The molecule has 2 rings (SSSR count). The zero-order valence-corrected chi connectivity index (χ0v) is 21.1. The number of ketones is 1. The first-order valence-corrected chi connectivity index (χ1v) is 11.7. The van der Waals surface area contributed by atoms with E-state index in [0.717, 1.165) is 23.3 Å². The van der Waals surface area contributed by atoms with Crippen molar-refractivity contribution in [3.63, 3.8) is 0 Å². The van der Waals surface area contributed by atoms with Crippen molar-refractivity contribution in [2.75, 3.05) is 13.7 Å². The molecule has 1 unspecified atom stereocenters. The van der Waals surface area contributed by atoms with Crippen LogP contribution >= 0.6 is 0 Å². The minimum atomic E-state index is -0.870. The fraction of sp³-hybridized carbons (Fsp3) is 0.393. The highest BCUT2D eigenvalue weighted by Gasteiger charge is 2.22. The van der Waals surface area contributed by atoms with E-state index in [1.54, 1.807) is 19.1 Å². The van der Waals surface area contributed by atoms with Crippen LogP contribution in [0.2, 0.25) is 0 Å². The van der Waals surface area contributed by atoms with Gasteiger partial charge in [0.2, 0.25) is 0 Å². The molecular formula is C28H34O7. The molecule has 2 aromatic rings. The van der Waals surface area contributed by atoms with Crippen molar-refractivity contribution in [1.82, 2.24) is 0 Å². The van der Waals surface area contributed by atoms with E-state index in [4.69, 9.17) is 9.15 Å². The monoisotopic (exact) mass is 482 g/mol. The van der Waals surface area contributed by atoms with Crippen LogP contribution in [0.3, 0.4) is 0 Å². The van der Waals surface area contributed by atoms with Crippen LogP contribution < -0.4 is 10.4 Å². The lowest BCUT2D eigenvalue weighted by molar-refractivity contribution is -0.139. The van der Waals surface area contributed by atoms with E-state index in [1.807, 2.05) is 45.0 Å². The van der Waals surface area contributed by atoms with Crippen LogP contribution in [-0.2, 0) is 9.53 Å². The molecule has 0 amide bonds. The quantitative estimate of drug-likeness (QED) is 0.178. The normalized spacial score (nSPS) is 12.5. The highest BCUT2D eigenvalue weighted by Crippen LogP contribution is 2.27. The summed E-state index contributed by atoms with van der Waals surface area (Å²) in [5.41, 5.74) is 0.787. The topological polar surface area (TPSA) is 103 Å². The second-order valence-corrected chi connectivity index (χ2v) is 8.45. The highest BCUT2D eigenvalue weighted by atomic mass is 16.5. The van der Waals surface area contributed by atoms with Gasteiger partial charge in [-0.05, 0) is 68.0 Å². The first-order chi connectivity index (χ1) is 16.7. The third kappa shape index (κ3) is 7.98. The summed E-state index contributed by atoms with van der Waals surface area (Å²) in [7, 11) is 1.33. The van der Waals surface area contributed by atoms with E-state index in [2.05, 4.69) is 4.74 Å². The van der Waals surface area contributed by atoms with E-state index in [-0.39, 0.29) is 23.9 Å². The maximum absolute atomic E-state index is 13.0. The smallest absolute Gasteiger partial charge is 0.351 e. The van der Waals surface area contributed by atoms with Crippen LogP contribution in [0.1, 0.15) is 79.6 Å². The summed E-state index contributed by atoms with van der Waals surface area (Å²) < 4.78 is 15.6. The van der Waals surface area contributed by atoms with Gasteiger partial charge in [0.15, 0.2) is 5.78 Å². The van der Waals surface area contributed by atoms with Crippen LogP contribution in [0.5, 0.6) is 11.5 Å². The average molecular weight is 483 g/mol. The Morgan fingerprint density at radius 1 is 1.20 bits per heavy atom. The summed E-state index contributed by atoms with van der Waals surface area (Å²) in [4.78, 5) is 36.7. The number of rotatable bonds is 12. The predicted molar refractivity (Wildman–Crippen MR) is 135 cm³/mol. The van der Waals surface area contributed by atoms with Gasteiger partial charge in [-0.15, -0.1) is 0 Å². The molecule has 0 bridgehead atoms. The van der Waals surface area contributed by atoms with E-state index >= 15 is 0 Å². The van der Waals surface area contributed by atoms with Gasteiger partial charge in [0.25, 0.3) is 0 Å². The summed E-state index contributed by atoms with van der Waals surface area (Å²) in [6.07, 6.45) is 7.62. The number of hydrogen-bond donors (Lipinski definition) is 1. The SMILES string of the molecule is CCCOc1ccc(C=C(C)C(=O)c2c(O)cc(C(C)CC/C=C/CC(=O)OC)oc2=O)c(C)c1. The number of hydrogen-bond acceptors (Lipinski definition) is 7. The van der Waals surface area contributed by atoms with Crippen LogP contribution in [0.15, 0.2) is 51.2 Å². The molecule has 7 nitrogen and oxygen atoms in total. The molecule has 1 heterocycles. The summed E-state index contributed by atoms with van der Waals surface area (Å²) in [5, 5.41) is 10.5. The first-order valence-electron chi connectivity index (χ1n) is 11.7. The number of ether oxygens (including phenoxy) is 2. The van der Waals surface area contributed by atoms with Crippen LogP contribution in [0, 0.1) is 6.92 Å². The molecule has 0 aliphatic carbocycles. The number of carbonyl (C=O) groups excluding carboxylic acids is 2. The molecule has 35 heavy (non-hydrogen) atoms. The number of aryl methyl sites for hydroxylation is 1. The minimum Gasteiger partial charge on any atom is -0.507 e. The Morgan fingerprint density at radius 2 is 1.94 bits per heavy atom. The lowest BCUT2D eigenvalue weighted by atomic mass is 9.98. The van der Waals surface area contributed by atoms with E-state index < -0.39 is 17.2 Å². The Morgan fingerprint density at radius 3 is 2.57 bits per heavy atom. The Balaban J connectivity index is 2.14. The van der Waals surface area contributed by atoms with Crippen molar-refractivity contribution in [3.8, 4) is 11.5 Å². The van der Waals surface area contributed by atoms with E-state index in [9.17, 15) is 19.5 Å². The largest absolute Gasteiger partial charge is 0.507 e. The van der Waals surface area contributed by atoms with E-state index in [1.165, 1.54) is 13.2 Å². The maximum Gasteiger partial charge on any atom is 0.351 e. The number of benzene rings is 1. The molecule has 0 saturated heterocycles. The first kappa shape index (κ1) is 27.6. The molecule has 0 saturated carbocycles. The third-order valence-electron chi connectivity index (χ3n) is 5.55. The molecule has 188 valence electrons. The Labute approximate surface area is 206 Å². The minimum absolute atomic E-state index is 0.173. The molecule has 1 atom stereocenters. The van der Waals surface area contributed by atoms with Gasteiger partial charge >= 0.3 is 11.6 Å². The Kier molecular flexibility index (Phi) is 10.5. The summed E-state index contributed by atoms with van der Waals surface area (Å²) >= 11 is 0. The number of allylic oxidation sites excluding steroid dienone is 2. The van der Waals surface area contributed by atoms with Gasteiger partial charge in [-0.2, -0.15) is 0 Å². The molecule has 7 heteroatoms. The fourth-order valence-corrected chi connectivity index (χ4v) is 3.44. The molecule has 1 aromatic heterocycles. The van der Waals surface area contributed by atoms with Gasteiger partial charge in [-0.3, -0.25) is 9.59 Å². The maximum atomic E-state index is 13.0. The zero-order chi connectivity index (χ0) is 26.0. The second kappa shape index (κ2) is 13.3. The Hall–Kier alpha value is -3.61. The predicted octanol–water partition coefficient (Wildman–Crippen LogP) is 5.73. The van der Waals surface area contributed by atoms with Crippen molar-refractivity contribution >= 4 is 17.8 Å². The van der Waals surface area contributed by atoms with Gasteiger partial charge < -0.3 is 19.0 Å². The lowest BCUT2D eigenvalue weighted by Gasteiger charge is -2.11. The lowest BCUT2D eigenvalue weighted by Crippen LogP contribution is -2.16. The molecule has 0 aliphatic heterocycles. The molecule has 1 aromatic carbocycles. The Bertz CT molecular complexity index is 1150. The average Bonchev–Trinajstić information content (AvgIpc) is 2.82. The van der Waals surface area contributed by atoms with Crippen molar-refractivity contribution in [1.29, 1.82) is 0 Å². The van der Waals surface area contributed by atoms with Crippen LogP contribution in [-0.4, -0.2) is 30.6 Å². The molecular weight excluding hydrogens is 448 g/mol. The van der Waals surface area contributed by atoms with Gasteiger partial charge in [0, 0.05) is 12.0 Å².